The lowest BCUT2D eigenvalue weighted by atomic mass is 10.0. The highest BCUT2D eigenvalue weighted by atomic mass is 35.5. The summed E-state index contributed by atoms with van der Waals surface area (Å²) in [5.41, 5.74) is 3.10. The van der Waals surface area contributed by atoms with E-state index >= 15 is 0 Å². The monoisotopic (exact) mass is 383 g/mol. The number of halogens is 1. The summed E-state index contributed by atoms with van der Waals surface area (Å²) in [6.45, 7) is 3.39. The fourth-order valence-electron chi connectivity index (χ4n) is 2.83. The number of aryl methyl sites for hydroxylation is 1. The zero-order valence-corrected chi connectivity index (χ0v) is 15.7. The molecular formula is C20H18ClN3O3. The van der Waals surface area contributed by atoms with E-state index in [-0.39, 0.29) is 5.15 Å². The average molecular weight is 384 g/mol. The molecular weight excluding hydrogens is 366 g/mol. The molecule has 0 saturated heterocycles. The number of carbonyl (C=O) groups excluding carboxylic acids is 2. The van der Waals surface area contributed by atoms with Gasteiger partial charge in [-0.1, -0.05) is 36.7 Å². The molecule has 0 atom stereocenters. The molecule has 7 heteroatoms. The topological polar surface area (TPSA) is 81.2 Å². The Labute approximate surface area is 161 Å². The van der Waals surface area contributed by atoms with Crippen LogP contribution in [0.5, 0.6) is 0 Å². The van der Waals surface area contributed by atoms with Crippen LogP contribution in [0.4, 0.5) is 5.69 Å². The Morgan fingerprint density at radius 2 is 1.96 bits per heavy atom. The van der Waals surface area contributed by atoms with Crippen LogP contribution in [0, 0.1) is 6.92 Å². The summed E-state index contributed by atoms with van der Waals surface area (Å²) < 4.78 is 5.25. The molecule has 1 amide bonds. The van der Waals surface area contributed by atoms with Gasteiger partial charge in [0.1, 0.15) is 0 Å². The molecule has 6 nitrogen and oxygen atoms in total. The Balaban J connectivity index is 1.79. The van der Waals surface area contributed by atoms with Crippen molar-refractivity contribution in [3.63, 3.8) is 0 Å². The highest BCUT2D eigenvalue weighted by molar-refractivity contribution is 6.32. The molecule has 0 aliphatic carbocycles. The fraction of sp³-hybridized carbons (Fsp3) is 0.200. The number of carbonyl (C=O) groups is 2. The molecule has 1 aromatic carbocycles. The molecule has 0 aliphatic heterocycles. The predicted octanol–water partition coefficient (Wildman–Crippen LogP) is 3.95. The van der Waals surface area contributed by atoms with E-state index in [4.69, 9.17) is 16.3 Å². The van der Waals surface area contributed by atoms with Crippen LogP contribution in [0.1, 0.15) is 28.5 Å². The molecule has 0 spiro atoms. The average Bonchev–Trinajstić information content (AvgIpc) is 2.67. The van der Waals surface area contributed by atoms with Gasteiger partial charge >= 0.3 is 5.97 Å². The first-order chi connectivity index (χ1) is 13.0. The van der Waals surface area contributed by atoms with E-state index in [9.17, 15) is 9.59 Å². The van der Waals surface area contributed by atoms with Crippen molar-refractivity contribution in [2.24, 2.45) is 0 Å². The summed E-state index contributed by atoms with van der Waals surface area (Å²) in [4.78, 5) is 33.3. The van der Waals surface area contributed by atoms with Gasteiger partial charge in [0.25, 0.3) is 5.91 Å². The molecule has 0 unspecified atom stereocenters. The van der Waals surface area contributed by atoms with Crippen molar-refractivity contribution in [1.82, 2.24) is 9.97 Å². The molecule has 1 N–H and O–H groups in total. The van der Waals surface area contributed by atoms with Gasteiger partial charge in [0.2, 0.25) is 0 Å². The minimum Gasteiger partial charge on any atom is -0.452 e. The lowest BCUT2D eigenvalue weighted by Gasteiger charge is -2.13. The zero-order chi connectivity index (χ0) is 19.4. The molecule has 2 heterocycles. The highest BCUT2D eigenvalue weighted by Crippen LogP contribution is 2.24. The second kappa shape index (κ2) is 8.14. The van der Waals surface area contributed by atoms with Crippen LogP contribution in [0.25, 0.3) is 10.9 Å². The molecule has 3 rings (SSSR count). The third kappa shape index (κ3) is 4.06. The summed E-state index contributed by atoms with van der Waals surface area (Å²) in [6, 6.07) is 10.6. The van der Waals surface area contributed by atoms with Crippen molar-refractivity contribution in [3.8, 4) is 0 Å². The molecule has 27 heavy (non-hydrogen) atoms. The Kier molecular flexibility index (Phi) is 5.66. The number of pyridine rings is 2. The van der Waals surface area contributed by atoms with E-state index in [1.54, 1.807) is 12.1 Å². The van der Waals surface area contributed by atoms with Crippen molar-refractivity contribution >= 4 is 40.1 Å². The van der Waals surface area contributed by atoms with Gasteiger partial charge in [-0.05, 0) is 37.1 Å². The van der Waals surface area contributed by atoms with Crippen LogP contribution in [0.2, 0.25) is 5.15 Å². The molecule has 0 aliphatic rings. The van der Waals surface area contributed by atoms with Crippen molar-refractivity contribution < 1.29 is 14.3 Å². The van der Waals surface area contributed by atoms with Gasteiger partial charge in [-0.2, -0.15) is 0 Å². The number of fused-ring (bicyclic) bond motifs is 1. The van der Waals surface area contributed by atoms with E-state index in [1.165, 1.54) is 6.20 Å². The maximum absolute atomic E-state index is 12.7. The second-order valence-corrected chi connectivity index (χ2v) is 6.25. The first kappa shape index (κ1) is 18.8. The number of aromatic nitrogens is 2. The lowest BCUT2D eigenvalue weighted by molar-refractivity contribution is -0.119. The van der Waals surface area contributed by atoms with Crippen molar-refractivity contribution in [2.75, 3.05) is 11.9 Å². The summed E-state index contributed by atoms with van der Waals surface area (Å²) in [5.74, 6) is -1.06. The van der Waals surface area contributed by atoms with Gasteiger partial charge in [0, 0.05) is 17.3 Å². The van der Waals surface area contributed by atoms with Gasteiger partial charge in [0.05, 0.1) is 16.8 Å². The van der Waals surface area contributed by atoms with Crippen LogP contribution in [0.15, 0.2) is 42.6 Å². The van der Waals surface area contributed by atoms with E-state index in [0.29, 0.717) is 23.1 Å². The molecule has 2 aromatic heterocycles. The third-order valence-electron chi connectivity index (χ3n) is 4.14. The molecule has 138 valence electrons. The largest absolute Gasteiger partial charge is 0.452 e. The Hall–Kier alpha value is -2.99. The number of rotatable bonds is 5. The minimum atomic E-state index is -0.562. The van der Waals surface area contributed by atoms with Crippen molar-refractivity contribution in [3.05, 3.63) is 64.6 Å². The number of benzene rings is 1. The van der Waals surface area contributed by atoms with Crippen LogP contribution in [0.3, 0.4) is 0 Å². The van der Waals surface area contributed by atoms with Gasteiger partial charge < -0.3 is 10.1 Å². The number of anilines is 1. The smallest absolute Gasteiger partial charge is 0.339 e. The van der Waals surface area contributed by atoms with Gasteiger partial charge in [-0.25, -0.2) is 9.78 Å². The minimum absolute atomic E-state index is 0.167. The standard InChI is InChI=1S/C20H18ClN3O3/c1-3-14-12(2)18(13-7-4-5-8-15(13)23-14)20(26)27-11-17(25)24-16-9-6-10-22-19(16)21/h4-10H,3,11H2,1-2H3,(H,24,25). The number of esters is 1. The number of hydrogen-bond acceptors (Lipinski definition) is 5. The second-order valence-electron chi connectivity index (χ2n) is 5.90. The number of nitrogens with one attached hydrogen (secondary N) is 1. The summed E-state index contributed by atoms with van der Waals surface area (Å²) >= 11 is 5.91. The molecule has 0 fully saturated rings. The van der Waals surface area contributed by atoms with Gasteiger partial charge in [-0.15, -0.1) is 0 Å². The van der Waals surface area contributed by atoms with Crippen LogP contribution in [-0.2, 0) is 16.0 Å². The van der Waals surface area contributed by atoms with Crippen molar-refractivity contribution in [2.45, 2.75) is 20.3 Å². The summed E-state index contributed by atoms with van der Waals surface area (Å²) in [5, 5.41) is 3.44. The van der Waals surface area contributed by atoms with Crippen LogP contribution >= 0.6 is 11.6 Å². The molecule has 0 radical (unpaired) electrons. The number of ether oxygens (including phenoxy) is 1. The molecule has 0 saturated carbocycles. The Morgan fingerprint density at radius 3 is 2.70 bits per heavy atom. The summed E-state index contributed by atoms with van der Waals surface area (Å²) in [7, 11) is 0. The van der Waals surface area contributed by atoms with Crippen LogP contribution in [-0.4, -0.2) is 28.5 Å². The fourth-order valence-corrected chi connectivity index (χ4v) is 3.00. The Bertz CT molecular complexity index is 1020. The zero-order valence-electron chi connectivity index (χ0n) is 15.0. The first-order valence-corrected chi connectivity index (χ1v) is 8.84. The lowest BCUT2D eigenvalue weighted by Crippen LogP contribution is -2.22. The van der Waals surface area contributed by atoms with E-state index in [0.717, 1.165) is 16.8 Å². The maximum Gasteiger partial charge on any atom is 0.339 e. The first-order valence-electron chi connectivity index (χ1n) is 8.47. The summed E-state index contributed by atoms with van der Waals surface area (Å²) in [6.07, 6.45) is 2.21. The maximum atomic E-state index is 12.7. The predicted molar refractivity (Wildman–Crippen MR) is 104 cm³/mol. The number of hydrogen-bond donors (Lipinski definition) is 1. The molecule has 3 aromatic rings. The Morgan fingerprint density at radius 1 is 1.19 bits per heavy atom. The third-order valence-corrected chi connectivity index (χ3v) is 4.44. The highest BCUT2D eigenvalue weighted by Gasteiger charge is 2.19. The van der Waals surface area contributed by atoms with E-state index in [1.807, 2.05) is 38.1 Å². The number of nitrogens with zero attached hydrogens (tertiary/aromatic N) is 2. The quantitative estimate of drug-likeness (QED) is 0.533. The molecule has 0 bridgehead atoms. The van der Waals surface area contributed by atoms with E-state index in [2.05, 4.69) is 15.3 Å². The number of amides is 1. The SMILES string of the molecule is CCc1nc2ccccc2c(C(=O)OCC(=O)Nc2cccnc2Cl)c1C. The van der Waals surface area contributed by atoms with Crippen molar-refractivity contribution in [1.29, 1.82) is 0 Å². The normalized spacial score (nSPS) is 10.6. The van der Waals surface area contributed by atoms with Crippen LogP contribution < -0.4 is 5.32 Å². The van der Waals surface area contributed by atoms with Gasteiger partial charge in [-0.3, -0.25) is 9.78 Å². The number of para-hydroxylation sites is 1. The van der Waals surface area contributed by atoms with E-state index < -0.39 is 18.5 Å². The van der Waals surface area contributed by atoms with Gasteiger partial charge in [0.15, 0.2) is 11.8 Å².